The van der Waals surface area contributed by atoms with Crippen LogP contribution in [0.25, 0.3) is 0 Å². The molecule has 2 aliphatic rings. The van der Waals surface area contributed by atoms with E-state index < -0.39 is 0 Å². The zero-order chi connectivity index (χ0) is 14.2. The fourth-order valence-electron chi connectivity index (χ4n) is 2.97. The van der Waals surface area contributed by atoms with Crippen LogP contribution in [0.4, 0.5) is 0 Å². The van der Waals surface area contributed by atoms with Crippen LogP contribution in [0.15, 0.2) is 29.3 Å². The summed E-state index contributed by atoms with van der Waals surface area (Å²) in [6, 6.07) is 8.63. The maximum Gasteiger partial charge on any atom is 0.189 e. The van der Waals surface area contributed by atoms with E-state index in [4.69, 9.17) is 10.5 Å². The van der Waals surface area contributed by atoms with Crippen LogP contribution in [-0.2, 0) is 0 Å². The second-order valence-electron chi connectivity index (χ2n) is 6.43. The lowest BCUT2D eigenvalue weighted by molar-refractivity contribution is 0.126. The Morgan fingerprint density at radius 1 is 1.35 bits per heavy atom. The fourth-order valence-corrected chi connectivity index (χ4v) is 2.97. The van der Waals surface area contributed by atoms with Crippen LogP contribution in [-0.4, -0.2) is 18.6 Å². The first-order valence-electron chi connectivity index (χ1n) is 7.38. The minimum absolute atomic E-state index is 0.107. The van der Waals surface area contributed by atoms with Crippen molar-refractivity contribution >= 4 is 5.96 Å². The molecule has 0 bridgehead atoms. The molecule has 0 radical (unpaired) electrons. The van der Waals surface area contributed by atoms with E-state index in [9.17, 15) is 0 Å². The molecular formula is C16H23N3O. The Hall–Kier alpha value is -1.71. The Kier molecular flexibility index (Phi) is 3.32. The smallest absolute Gasteiger partial charge is 0.189 e. The molecule has 0 saturated heterocycles. The van der Waals surface area contributed by atoms with E-state index in [0.717, 1.165) is 17.7 Å². The van der Waals surface area contributed by atoms with Gasteiger partial charge in [-0.15, -0.1) is 0 Å². The molecule has 0 amide bonds. The van der Waals surface area contributed by atoms with Crippen molar-refractivity contribution in [3.05, 3.63) is 29.8 Å². The van der Waals surface area contributed by atoms with Crippen LogP contribution in [0.3, 0.4) is 0 Å². The quantitative estimate of drug-likeness (QED) is 0.643. The topological polar surface area (TPSA) is 59.6 Å². The summed E-state index contributed by atoms with van der Waals surface area (Å²) in [6.45, 7) is 5.24. The Morgan fingerprint density at radius 2 is 2.15 bits per heavy atom. The predicted molar refractivity (Wildman–Crippen MR) is 80.9 cm³/mol. The highest BCUT2D eigenvalue weighted by Crippen LogP contribution is 2.40. The zero-order valence-corrected chi connectivity index (χ0v) is 12.2. The lowest BCUT2D eigenvalue weighted by Gasteiger charge is -2.45. The first kappa shape index (κ1) is 13.3. The summed E-state index contributed by atoms with van der Waals surface area (Å²) in [6.07, 6.45) is 3.30. The lowest BCUT2D eigenvalue weighted by atomic mass is 9.67. The van der Waals surface area contributed by atoms with Gasteiger partial charge in [-0.2, -0.15) is 0 Å². The van der Waals surface area contributed by atoms with Crippen LogP contribution < -0.4 is 15.8 Å². The molecule has 1 fully saturated rings. The fraction of sp³-hybridized carbons (Fsp3) is 0.562. The number of nitrogens with two attached hydrogens (primary N) is 1. The largest absolute Gasteiger partial charge is 0.493 e. The summed E-state index contributed by atoms with van der Waals surface area (Å²) >= 11 is 0. The molecule has 1 aromatic carbocycles. The molecule has 108 valence electrons. The monoisotopic (exact) mass is 273 g/mol. The van der Waals surface area contributed by atoms with Crippen molar-refractivity contribution in [2.75, 3.05) is 6.61 Å². The highest BCUT2D eigenvalue weighted by molar-refractivity contribution is 5.78. The van der Waals surface area contributed by atoms with Crippen LogP contribution in [0, 0.1) is 5.41 Å². The minimum atomic E-state index is 0.107. The molecule has 1 aliphatic heterocycles. The Bertz CT molecular complexity index is 524. The van der Waals surface area contributed by atoms with Crippen molar-refractivity contribution < 1.29 is 4.74 Å². The summed E-state index contributed by atoms with van der Waals surface area (Å²) in [5.74, 6) is 1.49. The number of nitrogens with zero attached hydrogens (tertiary/aromatic N) is 1. The number of nitrogens with one attached hydrogen (secondary N) is 1. The molecular weight excluding hydrogens is 250 g/mol. The van der Waals surface area contributed by atoms with Gasteiger partial charge in [0, 0.05) is 18.0 Å². The average Bonchev–Trinajstić information content (AvgIpc) is 2.44. The summed E-state index contributed by atoms with van der Waals surface area (Å²) in [5, 5.41) is 3.37. The minimum Gasteiger partial charge on any atom is -0.493 e. The third-order valence-corrected chi connectivity index (χ3v) is 4.56. The maximum atomic E-state index is 6.09. The average molecular weight is 273 g/mol. The van der Waals surface area contributed by atoms with E-state index in [1.54, 1.807) is 0 Å². The van der Waals surface area contributed by atoms with Gasteiger partial charge in [0.25, 0.3) is 0 Å². The summed E-state index contributed by atoms with van der Waals surface area (Å²) in [4.78, 5) is 4.67. The molecule has 1 aromatic rings. The number of guanidine groups is 1. The van der Waals surface area contributed by atoms with Crippen molar-refractivity contribution in [3.8, 4) is 5.75 Å². The predicted octanol–water partition coefficient (Wildman–Crippen LogP) is 2.60. The molecule has 4 heteroatoms. The van der Waals surface area contributed by atoms with Gasteiger partial charge in [0.1, 0.15) is 5.75 Å². The number of benzene rings is 1. The molecule has 2 atom stereocenters. The number of rotatable bonds is 2. The molecule has 1 aliphatic carbocycles. The normalized spacial score (nSPS) is 28.0. The van der Waals surface area contributed by atoms with Gasteiger partial charge in [-0.05, 0) is 24.3 Å². The van der Waals surface area contributed by atoms with E-state index in [0.29, 0.717) is 24.0 Å². The van der Waals surface area contributed by atoms with E-state index in [2.05, 4.69) is 30.2 Å². The van der Waals surface area contributed by atoms with Gasteiger partial charge in [-0.1, -0.05) is 32.0 Å². The van der Waals surface area contributed by atoms with Crippen LogP contribution in [0.2, 0.25) is 0 Å². The Labute approximate surface area is 120 Å². The lowest BCUT2D eigenvalue weighted by Crippen LogP contribution is -2.54. The summed E-state index contributed by atoms with van der Waals surface area (Å²) in [5.41, 5.74) is 7.55. The SMILES string of the molecule is CC1(C)CCC1NC(N)=NC1CCOc2ccccc21. The first-order chi connectivity index (χ1) is 9.56. The third kappa shape index (κ3) is 2.47. The van der Waals surface area contributed by atoms with Crippen molar-refractivity contribution in [1.29, 1.82) is 0 Å². The van der Waals surface area contributed by atoms with Gasteiger partial charge < -0.3 is 15.8 Å². The van der Waals surface area contributed by atoms with E-state index in [1.165, 1.54) is 12.8 Å². The number of para-hydroxylation sites is 1. The molecule has 0 aromatic heterocycles. The Balaban J connectivity index is 1.72. The molecule has 1 saturated carbocycles. The number of hydrogen-bond donors (Lipinski definition) is 2. The molecule has 4 nitrogen and oxygen atoms in total. The number of ether oxygens (including phenoxy) is 1. The van der Waals surface area contributed by atoms with Crippen molar-refractivity contribution in [1.82, 2.24) is 5.32 Å². The molecule has 20 heavy (non-hydrogen) atoms. The highest BCUT2D eigenvalue weighted by atomic mass is 16.5. The molecule has 3 rings (SSSR count). The van der Waals surface area contributed by atoms with Crippen molar-refractivity contribution in [2.45, 2.75) is 45.2 Å². The van der Waals surface area contributed by atoms with Gasteiger partial charge in [0.05, 0.1) is 12.6 Å². The number of fused-ring (bicyclic) bond motifs is 1. The Morgan fingerprint density at radius 3 is 2.85 bits per heavy atom. The molecule has 2 unspecified atom stereocenters. The van der Waals surface area contributed by atoms with E-state index in [1.807, 2.05) is 18.2 Å². The highest BCUT2D eigenvalue weighted by Gasteiger charge is 2.38. The second kappa shape index (κ2) is 5.00. The molecule has 1 heterocycles. The van der Waals surface area contributed by atoms with Gasteiger partial charge in [-0.3, -0.25) is 0 Å². The van der Waals surface area contributed by atoms with E-state index in [-0.39, 0.29) is 6.04 Å². The van der Waals surface area contributed by atoms with Gasteiger partial charge in [-0.25, -0.2) is 4.99 Å². The van der Waals surface area contributed by atoms with Gasteiger partial charge in [0.2, 0.25) is 0 Å². The zero-order valence-electron chi connectivity index (χ0n) is 12.2. The molecule has 3 N–H and O–H groups in total. The van der Waals surface area contributed by atoms with Crippen LogP contribution in [0.1, 0.15) is 44.7 Å². The second-order valence-corrected chi connectivity index (χ2v) is 6.43. The third-order valence-electron chi connectivity index (χ3n) is 4.56. The first-order valence-corrected chi connectivity index (χ1v) is 7.38. The standard InChI is InChI=1S/C16H23N3O/c1-16(2)9-7-14(16)19-15(17)18-12-8-10-20-13-6-4-3-5-11(12)13/h3-6,12,14H,7-10H2,1-2H3,(H3,17,18,19). The summed E-state index contributed by atoms with van der Waals surface area (Å²) in [7, 11) is 0. The van der Waals surface area contributed by atoms with Crippen LogP contribution >= 0.6 is 0 Å². The summed E-state index contributed by atoms with van der Waals surface area (Å²) < 4.78 is 5.65. The van der Waals surface area contributed by atoms with Crippen molar-refractivity contribution in [3.63, 3.8) is 0 Å². The number of aliphatic imine (C=N–C) groups is 1. The van der Waals surface area contributed by atoms with Gasteiger partial charge in [0.15, 0.2) is 5.96 Å². The van der Waals surface area contributed by atoms with Crippen molar-refractivity contribution in [2.24, 2.45) is 16.1 Å². The number of hydrogen-bond acceptors (Lipinski definition) is 2. The van der Waals surface area contributed by atoms with Gasteiger partial charge >= 0.3 is 0 Å². The van der Waals surface area contributed by atoms with Crippen LogP contribution in [0.5, 0.6) is 5.75 Å². The molecule has 0 spiro atoms. The maximum absolute atomic E-state index is 6.09. The van der Waals surface area contributed by atoms with E-state index >= 15 is 0 Å².